The van der Waals surface area contributed by atoms with E-state index < -0.39 is 16.0 Å². The van der Waals surface area contributed by atoms with Crippen molar-refractivity contribution in [1.82, 2.24) is 4.31 Å². The van der Waals surface area contributed by atoms with E-state index in [0.29, 0.717) is 11.3 Å². The third kappa shape index (κ3) is 3.85. The standard InChI is InChI=1S/C17H21NO5S/c1-12(2)18(11-15-8-5-13(3)23-15)24(20,21)16-9-6-14(7-10-16)17(19)22-4/h5-10,12H,11H2,1-4H3. The molecule has 0 saturated heterocycles. The van der Waals surface area contributed by atoms with Gasteiger partial charge in [-0.25, -0.2) is 13.2 Å². The number of esters is 1. The van der Waals surface area contributed by atoms with Gasteiger partial charge >= 0.3 is 5.97 Å². The van der Waals surface area contributed by atoms with Crippen molar-refractivity contribution in [2.75, 3.05) is 7.11 Å². The lowest BCUT2D eigenvalue weighted by Crippen LogP contribution is -2.36. The summed E-state index contributed by atoms with van der Waals surface area (Å²) in [6.07, 6.45) is 0. The predicted octanol–water partition coefficient (Wildman–Crippen LogP) is 2.97. The maximum absolute atomic E-state index is 12.9. The van der Waals surface area contributed by atoms with Crippen LogP contribution in [0.15, 0.2) is 45.7 Å². The van der Waals surface area contributed by atoms with Crippen molar-refractivity contribution < 1.29 is 22.4 Å². The van der Waals surface area contributed by atoms with E-state index in [0.717, 1.165) is 5.76 Å². The van der Waals surface area contributed by atoms with Crippen molar-refractivity contribution in [1.29, 1.82) is 0 Å². The molecule has 0 fully saturated rings. The zero-order chi connectivity index (χ0) is 17.9. The molecule has 2 aromatic rings. The summed E-state index contributed by atoms with van der Waals surface area (Å²) in [4.78, 5) is 11.6. The molecule has 0 aliphatic rings. The van der Waals surface area contributed by atoms with Gasteiger partial charge in [0.25, 0.3) is 0 Å². The van der Waals surface area contributed by atoms with Gasteiger partial charge in [-0.3, -0.25) is 0 Å². The number of aryl methyl sites for hydroxylation is 1. The zero-order valence-electron chi connectivity index (χ0n) is 14.1. The number of nitrogens with zero attached hydrogens (tertiary/aromatic N) is 1. The van der Waals surface area contributed by atoms with Gasteiger partial charge in [-0.2, -0.15) is 4.31 Å². The number of rotatable bonds is 6. The van der Waals surface area contributed by atoms with E-state index >= 15 is 0 Å². The average molecular weight is 351 g/mol. The van der Waals surface area contributed by atoms with Crippen molar-refractivity contribution in [2.24, 2.45) is 0 Å². The highest BCUT2D eigenvalue weighted by atomic mass is 32.2. The van der Waals surface area contributed by atoms with Gasteiger partial charge in [0.2, 0.25) is 10.0 Å². The normalized spacial score (nSPS) is 11.9. The van der Waals surface area contributed by atoms with Crippen molar-refractivity contribution in [3.05, 3.63) is 53.5 Å². The highest BCUT2D eigenvalue weighted by Gasteiger charge is 2.28. The molecular formula is C17H21NO5S. The van der Waals surface area contributed by atoms with E-state index in [9.17, 15) is 13.2 Å². The van der Waals surface area contributed by atoms with Crippen LogP contribution in [-0.2, 0) is 21.3 Å². The Morgan fingerprint density at radius 1 is 1.17 bits per heavy atom. The molecule has 7 heteroatoms. The Morgan fingerprint density at radius 2 is 1.79 bits per heavy atom. The van der Waals surface area contributed by atoms with Crippen LogP contribution in [0.2, 0.25) is 0 Å². The van der Waals surface area contributed by atoms with Crippen molar-refractivity contribution in [3.63, 3.8) is 0 Å². The number of hydrogen-bond acceptors (Lipinski definition) is 5. The van der Waals surface area contributed by atoms with Gasteiger partial charge in [0, 0.05) is 6.04 Å². The summed E-state index contributed by atoms with van der Waals surface area (Å²) in [6.45, 7) is 5.56. The van der Waals surface area contributed by atoms with E-state index in [1.165, 1.54) is 35.7 Å². The third-order valence-electron chi connectivity index (χ3n) is 3.57. The molecule has 1 aromatic heterocycles. The minimum atomic E-state index is -3.72. The van der Waals surface area contributed by atoms with Crippen LogP contribution in [-0.4, -0.2) is 31.8 Å². The fourth-order valence-corrected chi connectivity index (χ4v) is 3.89. The predicted molar refractivity (Wildman–Crippen MR) is 89.1 cm³/mol. The molecule has 0 N–H and O–H groups in total. The summed E-state index contributed by atoms with van der Waals surface area (Å²) in [6, 6.07) is 9.00. The Hall–Kier alpha value is -2.12. The summed E-state index contributed by atoms with van der Waals surface area (Å²) in [5.74, 6) is 0.801. The molecule has 6 nitrogen and oxygen atoms in total. The molecule has 0 saturated carbocycles. The number of furan rings is 1. The van der Waals surface area contributed by atoms with Gasteiger partial charge in [-0.05, 0) is 57.2 Å². The van der Waals surface area contributed by atoms with Crippen LogP contribution in [0.4, 0.5) is 0 Å². The third-order valence-corrected chi connectivity index (χ3v) is 5.60. The van der Waals surface area contributed by atoms with Crippen LogP contribution in [0.3, 0.4) is 0 Å². The Morgan fingerprint density at radius 3 is 2.25 bits per heavy atom. The minimum absolute atomic E-state index is 0.118. The highest BCUT2D eigenvalue weighted by Crippen LogP contribution is 2.22. The zero-order valence-corrected chi connectivity index (χ0v) is 15.0. The lowest BCUT2D eigenvalue weighted by molar-refractivity contribution is 0.0600. The Balaban J connectivity index is 2.32. The summed E-state index contributed by atoms with van der Waals surface area (Å²) in [5.41, 5.74) is 0.300. The molecule has 24 heavy (non-hydrogen) atoms. The smallest absolute Gasteiger partial charge is 0.337 e. The van der Waals surface area contributed by atoms with E-state index in [-0.39, 0.29) is 17.5 Å². The first-order valence-corrected chi connectivity index (χ1v) is 8.95. The first-order chi connectivity index (χ1) is 11.3. The number of benzene rings is 1. The largest absolute Gasteiger partial charge is 0.465 e. The Labute approximate surface area is 142 Å². The van der Waals surface area contributed by atoms with Crippen LogP contribution < -0.4 is 0 Å². The Bertz CT molecular complexity index is 806. The van der Waals surface area contributed by atoms with E-state index in [2.05, 4.69) is 4.74 Å². The molecule has 0 aliphatic carbocycles. The molecule has 1 aromatic carbocycles. The number of methoxy groups -OCH3 is 1. The maximum atomic E-state index is 12.9. The number of ether oxygens (including phenoxy) is 1. The second-order valence-corrected chi connectivity index (χ2v) is 7.56. The quantitative estimate of drug-likeness (QED) is 0.748. The van der Waals surface area contributed by atoms with Crippen LogP contribution in [0.1, 0.15) is 35.7 Å². The van der Waals surface area contributed by atoms with Gasteiger partial charge in [-0.1, -0.05) is 0 Å². The summed E-state index contributed by atoms with van der Waals surface area (Å²) < 4.78 is 37.3. The van der Waals surface area contributed by atoms with Crippen LogP contribution in [0.5, 0.6) is 0 Å². The molecule has 0 bridgehead atoms. The van der Waals surface area contributed by atoms with Gasteiger partial charge in [-0.15, -0.1) is 0 Å². The van der Waals surface area contributed by atoms with Gasteiger partial charge in [0.15, 0.2) is 0 Å². The minimum Gasteiger partial charge on any atom is -0.465 e. The summed E-state index contributed by atoms with van der Waals surface area (Å²) in [7, 11) is -2.44. The first kappa shape index (κ1) is 18.2. The lowest BCUT2D eigenvalue weighted by atomic mass is 10.2. The second-order valence-electron chi connectivity index (χ2n) is 5.67. The number of carbonyl (C=O) groups excluding carboxylic acids is 1. The van der Waals surface area contributed by atoms with E-state index in [1.807, 2.05) is 6.92 Å². The lowest BCUT2D eigenvalue weighted by Gasteiger charge is -2.25. The SMILES string of the molecule is COC(=O)c1ccc(S(=O)(=O)N(Cc2ccc(C)o2)C(C)C)cc1. The molecule has 0 unspecified atom stereocenters. The number of hydrogen-bond donors (Lipinski definition) is 0. The number of carbonyl (C=O) groups is 1. The second kappa shape index (κ2) is 7.19. The van der Waals surface area contributed by atoms with E-state index in [4.69, 9.17) is 4.42 Å². The number of sulfonamides is 1. The Kier molecular flexibility index (Phi) is 5.46. The molecule has 2 rings (SSSR count). The molecule has 0 aliphatic heterocycles. The molecule has 0 spiro atoms. The van der Waals surface area contributed by atoms with Gasteiger partial charge in [0.1, 0.15) is 11.5 Å². The fraction of sp³-hybridized carbons (Fsp3) is 0.353. The van der Waals surface area contributed by atoms with Gasteiger partial charge in [0.05, 0.1) is 24.1 Å². The molecule has 1 heterocycles. The highest BCUT2D eigenvalue weighted by molar-refractivity contribution is 7.89. The molecule has 130 valence electrons. The van der Waals surface area contributed by atoms with E-state index in [1.54, 1.807) is 26.0 Å². The fourth-order valence-electron chi connectivity index (χ4n) is 2.29. The molecule has 0 radical (unpaired) electrons. The van der Waals surface area contributed by atoms with Gasteiger partial charge < -0.3 is 9.15 Å². The monoisotopic (exact) mass is 351 g/mol. The molecule has 0 amide bonds. The van der Waals surface area contributed by atoms with Crippen LogP contribution in [0, 0.1) is 6.92 Å². The first-order valence-electron chi connectivity index (χ1n) is 7.51. The summed E-state index contributed by atoms with van der Waals surface area (Å²) >= 11 is 0. The van der Waals surface area contributed by atoms with Crippen LogP contribution in [0.25, 0.3) is 0 Å². The molecular weight excluding hydrogens is 330 g/mol. The van der Waals surface area contributed by atoms with Crippen LogP contribution >= 0.6 is 0 Å². The van der Waals surface area contributed by atoms with Crippen molar-refractivity contribution >= 4 is 16.0 Å². The topological polar surface area (TPSA) is 76.8 Å². The maximum Gasteiger partial charge on any atom is 0.337 e. The molecule has 0 atom stereocenters. The summed E-state index contributed by atoms with van der Waals surface area (Å²) in [5, 5.41) is 0. The van der Waals surface area contributed by atoms with Crippen molar-refractivity contribution in [2.45, 2.75) is 38.3 Å². The average Bonchev–Trinajstić information content (AvgIpc) is 2.96. The van der Waals surface area contributed by atoms with Crippen molar-refractivity contribution in [3.8, 4) is 0 Å².